The lowest BCUT2D eigenvalue weighted by atomic mass is 10.1. The van der Waals surface area contributed by atoms with E-state index in [9.17, 15) is 4.79 Å². The zero-order valence-electron chi connectivity index (χ0n) is 15.2. The van der Waals surface area contributed by atoms with E-state index in [2.05, 4.69) is 49.6 Å². The summed E-state index contributed by atoms with van der Waals surface area (Å²) >= 11 is 0. The lowest BCUT2D eigenvalue weighted by molar-refractivity contribution is -0.116. The lowest BCUT2D eigenvalue weighted by Crippen LogP contribution is -2.32. The topological polar surface area (TPSA) is 64.3 Å². The van der Waals surface area contributed by atoms with E-state index in [1.54, 1.807) is 0 Å². The number of hydrogen-bond acceptors (Lipinski definition) is 4. The normalized spacial score (nSPS) is 18.0. The Bertz CT molecular complexity index is 736. The lowest BCUT2D eigenvalue weighted by Gasteiger charge is -2.25. The second-order valence-electron chi connectivity index (χ2n) is 7.36. The van der Waals surface area contributed by atoms with Crippen LogP contribution in [0.5, 0.6) is 0 Å². The molecule has 6 heteroatoms. The second-order valence-corrected chi connectivity index (χ2v) is 7.36. The fourth-order valence-corrected chi connectivity index (χ4v) is 3.90. The van der Waals surface area contributed by atoms with Crippen LogP contribution in [0.25, 0.3) is 0 Å². The molecule has 1 aromatic carbocycles. The van der Waals surface area contributed by atoms with Gasteiger partial charge in [-0.05, 0) is 31.5 Å². The zero-order valence-corrected chi connectivity index (χ0v) is 15.2. The highest BCUT2D eigenvalue weighted by atomic mass is 16.1. The summed E-state index contributed by atoms with van der Waals surface area (Å²) < 4.78 is 0. The molecule has 0 unspecified atom stereocenters. The first kappa shape index (κ1) is 17.2. The van der Waals surface area contributed by atoms with Gasteiger partial charge in [0.2, 0.25) is 5.91 Å². The molecule has 26 heavy (non-hydrogen) atoms. The molecule has 2 aliphatic rings. The first-order valence-corrected chi connectivity index (χ1v) is 9.62. The molecule has 0 saturated carbocycles. The van der Waals surface area contributed by atoms with E-state index in [0.717, 1.165) is 50.5 Å². The van der Waals surface area contributed by atoms with Gasteiger partial charge in [0, 0.05) is 38.2 Å². The highest BCUT2D eigenvalue weighted by Gasteiger charge is 2.25. The van der Waals surface area contributed by atoms with Crippen molar-refractivity contribution in [1.82, 2.24) is 20.0 Å². The summed E-state index contributed by atoms with van der Waals surface area (Å²) in [4.78, 5) is 17.1. The molecule has 0 aliphatic carbocycles. The summed E-state index contributed by atoms with van der Waals surface area (Å²) in [6.07, 6.45) is 4.37. The summed E-state index contributed by atoms with van der Waals surface area (Å²) in [5, 5.41) is 10.4. The van der Waals surface area contributed by atoms with Gasteiger partial charge in [0.15, 0.2) is 5.82 Å². The van der Waals surface area contributed by atoms with Crippen LogP contribution in [0, 0.1) is 0 Å². The number of rotatable bonds is 6. The quantitative estimate of drug-likeness (QED) is 0.838. The number of piperidine rings is 1. The van der Waals surface area contributed by atoms with E-state index in [1.165, 1.54) is 24.8 Å². The van der Waals surface area contributed by atoms with Crippen LogP contribution in [0.3, 0.4) is 0 Å². The number of anilines is 1. The molecule has 2 aromatic rings. The van der Waals surface area contributed by atoms with Gasteiger partial charge in [-0.3, -0.25) is 14.8 Å². The standard InChI is InChI=1S/C20H27N5O/c26-19(9-12-24-10-5-2-6-11-24)21-20-17-14-25(15-18(17)22-23-20)13-16-7-3-1-4-8-16/h1,3-4,7-8H,2,5-6,9-15H2,(H2,21,22,23,26). The van der Waals surface area contributed by atoms with Crippen molar-refractivity contribution in [3.63, 3.8) is 0 Å². The second kappa shape index (κ2) is 8.01. The van der Waals surface area contributed by atoms with Gasteiger partial charge in [-0.25, -0.2) is 0 Å². The average Bonchev–Trinajstić information content (AvgIpc) is 3.23. The molecule has 1 amide bonds. The third kappa shape index (κ3) is 4.14. The molecule has 1 fully saturated rings. The number of fused-ring (bicyclic) bond motifs is 1. The van der Waals surface area contributed by atoms with Crippen molar-refractivity contribution in [2.24, 2.45) is 0 Å². The van der Waals surface area contributed by atoms with E-state index in [4.69, 9.17) is 0 Å². The van der Waals surface area contributed by atoms with E-state index >= 15 is 0 Å². The van der Waals surface area contributed by atoms with Crippen LogP contribution in [-0.4, -0.2) is 45.5 Å². The third-order valence-electron chi connectivity index (χ3n) is 5.33. The fourth-order valence-electron chi connectivity index (χ4n) is 3.90. The molecule has 0 atom stereocenters. The van der Waals surface area contributed by atoms with Crippen molar-refractivity contribution in [2.75, 3.05) is 25.0 Å². The van der Waals surface area contributed by atoms with Crippen molar-refractivity contribution in [3.8, 4) is 0 Å². The number of amides is 1. The monoisotopic (exact) mass is 353 g/mol. The number of aromatic nitrogens is 2. The van der Waals surface area contributed by atoms with Crippen LogP contribution in [0.1, 0.15) is 42.5 Å². The number of nitrogens with zero attached hydrogens (tertiary/aromatic N) is 3. The molecule has 2 N–H and O–H groups in total. The molecular weight excluding hydrogens is 326 g/mol. The third-order valence-corrected chi connectivity index (χ3v) is 5.33. The maximum absolute atomic E-state index is 12.3. The molecule has 1 aromatic heterocycles. The molecule has 6 nitrogen and oxygen atoms in total. The Hall–Kier alpha value is -2.18. The summed E-state index contributed by atoms with van der Waals surface area (Å²) in [7, 11) is 0. The first-order chi connectivity index (χ1) is 12.8. The molecule has 0 bridgehead atoms. The Morgan fingerprint density at radius 3 is 2.69 bits per heavy atom. The zero-order chi connectivity index (χ0) is 17.8. The largest absolute Gasteiger partial charge is 0.309 e. The van der Waals surface area contributed by atoms with Crippen LogP contribution in [0.2, 0.25) is 0 Å². The minimum atomic E-state index is 0.0615. The number of carbonyl (C=O) groups excluding carboxylic acids is 1. The Morgan fingerprint density at radius 2 is 1.88 bits per heavy atom. The molecule has 3 heterocycles. The Labute approximate surface area is 154 Å². The smallest absolute Gasteiger partial charge is 0.226 e. The number of aromatic amines is 1. The predicted molar refractivity (Wildman–Crippen MR) is 102 cm³/mol. The Kier molecular flexibility index (Phi) is 5.32. The van der Waals surface area contributed by atoms with Gasteiger partial charge >= 0.3 is 0 Å². The van der Waals surface area contributed by atoms with Crippen LogP contribution < -0.4 is 5.32 Å². The van der Waals surface area contributed by atoms with Gasteiger partial charge in [0.25, 0.3) is 0 Å². The number of benzene rings is 1. The molecule has 0 radical (unpaired) electrons. The van der Waals surface area contributed by atoms with E-state index in [-0.39, 0.29) is 5.91 Å². The minimum absolute atomic E-state index is 0.0615. The molecule has 4 rings (SSSR count). The highest BCUT2D eigenvalue weighted by Crippen LogP contribution is 2.28. The van der Waals surface area contributed by atoms with Crippen molar-refractivity contribution < 1.29 is 4.79 Å². The summed E-state index contributed by atoms with van der Waals surface area (Å²) in [6.45, 7) is 5.67. The Balaban J connectivity index is 1.29. The molecule has 2 aliphatic heterocycles. The van der Waals surface area contributed by atoms with E-state index in [0.29, 0.717) is 12.2 Å². The minimum Gasteiger partial charge on any atom is -0.309 e. The van der Waals surface area contributed by atoms with Crippen molar-refractivity contribution in [1.29, 1.82) is 0 Å². The highest BCUT2D eigenvalue weighted by molar-refractivity contribution is 5.90. The number of carbonyl (C=O) groups is 1. The number of hydrogen-bond donors (Lipinski definition) is 2. The predicted octanol–water partition coefficient (Wildman–Crippen LogP) is 2.74. The fraction of sp³-hybridized carbons (Fsp3) is 0.500. The molecule has 138 valence electrons. The SMILES string of the molecule is O=C(CCN1CCCCC1)Nc1n[nH]c2c1CN(Cc1ccccc1)C2. The van der Waals surface area contributed by atoms with Gasteiger partial charge < -0.3 is 10.2 Å². The van der Waals surface area contributed by atoms with E-state index in [1.807, 2.05) is 6.07 Å². The van der Waals surface area contributed by atoms with Crippen LogP contribution in [0.15, 0.2) is 30.3 Å². The van der Waals surface area contributed by atoms with Crippen molar-refractivity contribution in [2.45, 2.75) is 45.3 Å². The van der Waals surface area contributed by atoms with Gasteiger partial charge in [0.05, 0.1) is 5.69 Å². The average molecular weight is 353 g/mol. The summed E-state index contributed by atoms with van der Waals surface area (Å²) in [5.41, 5.74) is 3.55. The number of nitrogens with one attached hydrogen (secondary N) is 2. The Morgan fingerprint density at radius 1 is 1.08 bits per heavy atom. The maximum Gasteiger partial charge on any atom is 0.226 e. The van der Waals surface area contributed by atoms with Crippen molar-refractivity contribution >= 4 is 11.7 Å². The molecular formula is C20H27N5O. The van der Waals surface area contributed by atoms with Gasteiger partial charge in [-0.15, -0.1) is 0 Å². The van der Waals surface area contributed by atoms with Crippen LogP contribution in [-0.2, 0) is 24.4 Å². The van der Waals surface area contributed by atoms with E-state index < -0.39 is 0 Å². The van der Waals surface area contributed by atoms with Gasteiger partial charge in [0.1, 0.15) is 0 Å². The number of likely N-dealkylation sites (tertiary alicyclic amines) is 1. The van der Waals surface area contributed by atoms with Crippen LogP contribution in [0.4, 0.5) is 5.82 Å². The van der Waals surface area contributed by atoms with Crippen molar-refractivity contribution in [3.05, 3.63) is 47.2 Å². The van der Waals surface area contributed by atoms with Crippen LogP contribution >= 0.6 is 0 Å². The molecule has 0 spiro atoms. The summed E-state index contributed by atoms with van der Waals surface area (Å²) in [6, 6.07) is 10.5. The maximum atomic E-state index is 12.3. The van der Waals surface area contributed by atoms with Gasteiger partial charge in [-0.2, -0.15) is 5.10 Å². The molecule has 1 saturated heterocycles. The summed E-state index contributed by atoms with van der Waals surface area (Å²) in [5.74, 6) is 0.769. The number of H-pyrrole nitrogens is 1. The first-order valence-electron chi connectivity index (χ1n) is 9.62. The van der Waals surface area contributed by atoms with Gasteiger partial charge in [-0.1, -0.05) is 36.8 Å².